The first-order valence-corrected chi connectivity index (χ1v) is 14.2. The zero-order valence-corrected chi connectivity index (χ0v) is 21.6. The minimum atomic E-state index is -1.98. The molecule has 0 aliphatic carbocycles. The van der Waals surface area contributed by atoms with Crippen molar-refractivity contribution in [1.29, 1.82) is 0 Å². The molecule has 0 radical (unpaired) electrons. The van der Waals surface area contributed by atoms with Crippen molar-refractivity contribution in [2.45, 2.75) is 103 Å². The average molecular weight is 447 g/mol. The van der Waals surface area contributed by atoms with Crippen molar-refractivity contribution in [3.05, 3.63) is 41.5 Å². The van der Waals surface area contributed by atoms with Crippen LogP contribution in [0.25, 0.3) is 0 Å². The summed E-state index contributed by atoms with van der Waals surface area (Å²) < 4.78 is 19.9. The summed E-state index contributed by atoms with van der Waals surface area (Å²) in [5.74, 6) is 0.692. The van der Waals surface area contributed by atoms with Crippen molar-refractivity contribution in [2.24, 2.45) is 5.92 Å². The largest absolute Gasteiger partial charge is 0.543 e. The van der Waals surface area contributed by atoms with Crippen molar-refractivity contribution in [2.75, 3.05) is 6.61 Å². The summed E-state index contributed by atoms with van der Waals surface area (Å²) in [6.07, 6.45) is 3.34. The second-order valence-corrected chi connectivity index (χ2v) is 15.9. The molecule has 2 fully saturated rings. The van der Waals surface area contributed by atoms with Gasteiger partial charge in [-0.3, -0.25) is 0 Å². The van der Waals surface area contributed by atoms with Gasteiger partial charge in [0, 0.05) is 12.3 Å². The Morgan fingerprint density at radius 3 is 2.00 bits per heavy atom. The van der Waals surface area contributed by atoms with E-state index in [9.17, 15) is 5.11 Å². The number of aliphatic hydroxyl groups excluding tert-OH is 1. The topological polar surface area (TPSA) is 47.9 Å². The van der Waals surface area contributed by atoms with E-state index in [-0.39, 0.29) is 24.7 Å². The number of ether oxygens (including phenoxy) is 2. The van der Waals surface area contributed by atoms with Crippen LogP contribution in [0.5, 0.6) is 5.75 Å². The minimum Gasteiger partial charge on any atom is -0.543 e. The van der Waals surface area contributed by atoms with Crippen LogP contribution < -0.4 is 4.43 Å². The average Bonchev–Trinajstić information content (AvgIpc) is 3.03. The van der Waals surface area contributed by atoms with Gasteiger partial charge in [-0.25, -0.2) is 0 Å². The molecule has 31 heavy (non-hydrogen) atoms. The fourth-order valence-corrected chi connectivity index (χ4v) is 11.1. The minimum absolute atomic E-state index is 0.0374. The Morgan fingerprint density at radius 2 is 1.52 bits per heavy atom. The molecule has 1 aromatic rings. The van der Waals surface area contributed by atoms with Crippen LogP contribution in [0.2, 0.25) is 16.6 Å². The molecular formula is C26H42O4Si. The first-order valence-electron chi connectivity index (χ1n) is 12.0. The molecule has 2 aliphatic heterocycles. The van der Waals surface area contributed by atoms with Crippen LogP contribution in [-0.4, -0.2) is 31.9 Å². The highest BCUT2D eigenvalue weighted by Gasteiger charge is 2.54. The van der Waals surface area contributed by atoms with Crippen molar-refractivity contribution in [1.82, 2.24) is 0 Å². The molecule has 3 rings (SSSR count). The predicted octanol–water partition coefficient (Wildman–Crippen LogP) is 6.76. The molecule has 0 saturated carbocycles. The van der Waals surface area contributed by atoms with Gasteiger partial charge in [-0.2, -0.15) is 0 Å². The van der Waals surface area contributed by atoms with E-state index in [2.05, 4.69) is 79.7 Å². The van der Waals surface area contributed by atoms with Crippen molar-refractivity contribution in [3.8, 4) is 5.75 Å². The SMILES string of the molecule is CC(C)C12CCC(=CCO)[C@H](O1)C(c1ccc(O[Si](C(C)C)(C(C)C)C(C)C)cc1)O2. The number of aliphatic hydroxyl groups is 1. The summed E-state index contributed by atoms with van der Waals surface area (Å²) in [4.78, 5) is 0. The molecule has 0 amide bonds. The van der Waals surface area contributed by atoms with Crippen LogP contribution in [0.1, 0.15) is 79.9 Å². The third-order valence-electron chi connectivity index (χ3n) is 7.50. The molecule has 4 nitrogen and oxygen atoms in total. The third-order valence-corrected chi connectivity index (χ3v) is 13.5. The van der Waals surface area contributed by atoms with Gasteiger partial charge in [0.1, 0.15) is 18.0 Å². The van der Waals surface area contributed by atoms with Gasteiger partial charge in [0.15, 0.2) is 5.79 Å². The van der Waals surface area contributed by atoms with E-state index >= 15 is 0 Å². The Balaban J connectivity index is 1.88. The maximum Gasteiger partial charge on any atom is 0.258 e. The van der Waals surface area contributed by atoms with E-state index in [0.29, 0.717) is 16.6 Å². The molecule has 1 N–H and O–H groups in total. The number of hydrogen-bond acceptors (Lipinski definition) is 4. The molecule has 5 heteroatoms. The summed E-state index contributed by atoms with van der Waals surface area (Å²) in [5, 5.41) is 9.47. The maximum absolute atomic E-state index is 9.47. The quantitative estimate of drug-likeness (QED) is 0.354. The number of fused-ring (bicyclic) bond motifs is 2. The van der Waals surface area contributed by atoms with Crippen LogP contribution >= 0.6 is 0 Å². The van der Waals surface area contributed by atoms with E-state index in [4.69, 9.17) is 13.9 Å². The molecule has 2 saturated heterocycles. The summed E-state index contributed by atoms with van der Waals surface area (Å²) in [7, 11) is -1.98. The summed E-state index contributed by atoms with van der Waals surface area (Å²) in [6, 6.07) is 8.48. The molecule has 2 heterocycles. The number of rotatable bonds is 8. The molecule has 0 spiro atoms. The van der Waals surface area contributed by atoms with Gasteiger partial charge in [-0.05, 0) is 46.3 Å². The molecule has 2 bridgehead atoms. The second-order valence-electron chi connectivity index (χ2n) is 10.5. The Hall–Kier alpha value is -1.14. The monoisotopic (exact) mass is 446 g/mol. The Bertz CT molecular complexity index is 746. The maximum atomic E-state index is 9.47. The molecule has 0 aromatic heterocycles. The van der Waals surface area contributed by atoms with Gasteiger partial charge in [0.05, 0.1) is 6.61 Å². The Morgan fingerprint density at radius 1 is 0.968 bits per heavy atom. The van der Waals surface area contributed by atoms with Crippen LogP contribution in [0, 0.1) is 5.92 Å². The highest BCUT2D eigenvalue weighted by atomic mass is 28.4. The zero-order valence-electron chi connectivity index (χ0n) is 20.6. The third kappa shape index (κ3) is 4.39. The fourth-order valence-electron chi connectivity index (χ4n) is 5.85. The lowest BCUT2D eigenvalue weighted by atomic mass is 9.89. The first-order chi connectivity index (χ1) is 14.6. The van der Waals surface area contributed by atoms with E-state index in [1.807, 2.05) is 6.08 Å². The van der Waals surface area contributed by atoms with Crippen LogP contribution in [0.15, 0.2) is 35.9 Å². The van der Waals surface area contributed by atoms with Crippen molar-refractivity contribution in [3.63, 3.8) is 0 Å². The molecule has 1 aromatic carbocycles. The lowest BCUT2D eigenvalue weighted by Crippen LogP contribution is -2.50. The fraction of sp³-hybridized carbons (Fsp3) is 0.692. The van der Waals surface area contributed by atoms with Crippen LogP contribution in [-0.2, 0) is 9.47 Å². The number of benzene rings is 1. The standard InChI is InChI=1S/C26H42O4Si/c1-17(2)26-15-13-22(14-16-27)25(29-26)24(28-26)21-9-11-23(12-10-21)30-31(18(3)4,19(5)6)20(7)8/h9-12,14,17-20,24-25,27H,13,15-16H2,1-8H3/t24?,25-,26?/m0/s1. The van der Waals surface area contributed by atoms with Gasteiger partial charge < -0.3 is 19.0 Å². The molecule has 2 unspecified atom stereocenters. The first kappa shape index (κ1) is 24.5. The zero-order chi connectivity index (χ0) is 23.0. The highest BCUT2D eigenvalue weighted by Crippen LogP contribution is 2.52. The van der Waals surface area contributed by atoms with Gasteiger partial charge in [-0.1, -0.05) is 73.6 Å². The second kappa shape index (κ2) is 9.38. The van der Waals surface area contributed by atoms with E-state index in [1.165, 1.54) is 0 Å². The predicted molar refractivity (Wildman–Crippen MR) is 129 cm³/mol. The van der Waals surface area contributed by atoms with Gasteiger partial charge >= 0.3 is 0 Å². The molecule has 174 valence electrons. The lowest BCUT2D eigenvalue weighted by Gasteiger charge is -2.42. The van der Waals surface area contributed by atoms with Gasteiger partial charge in [0.2, 0.25) is 0 Å². The van der Waals surface area contributed by atoms with Gasteiger partial charge in [-0.15, -0.1) is 0 Å². The van der Waals surface area contributed by atoms with Crippen LogP contribution in [0.3, 0.4) is 0 Å². The number of hydrogen-bond donors (Lipinski definition) is 1. The van der Waals surface area contributed by atoms with Crippen molar-refractivity contribution < 1.29 is 19.0 Å². The van der Waals surface area contributed by atoms with E-state index in [0.717, 1.165) is 29.7 Å². The molecule has 3 atom stereocenters. The Labute approximate surface area is 190 Å². The molecular weight excluding hydrogens is 404 g/mol. The summed E-state index contributed by atoms with van der Waals surface area (Å²) in [6.45, 7) is 18.2. The smallest absolute Gasteiger partial charge is 0.258 e. The van der Waals surface area contributed by atoms with Crippen LogP contribution in [0.4, 0.5) is 0 Å². The Kier molecular flexibility index (Phi) is 7.41. The van der Waals surface area contributed by atoms with Gasteiger partial charge in [0.25, 0.3) is 8.32 Å². The normalized spacial score (nSPS) is 27.8. The summed E-state index contributed by atoms with van der Waals surface area (Å²) >= 11 is 0. The van der Waals surface area contributed by atoms with E-state index < -0.39 is 14.1 Å². The summed E-state index contributed by atoms with van der Waals surface area (Å²) in [5.41, 5.74) is 3.86. The lowest BCUT2D eigenvalue weighted by molar-refractivity contribution is -0.214. The van der Waals surface area contributed by atoms with E-state index in [1.54, 1.807) is 0 Å². The van der Waals surface area contributed by atoms with Crippen molar-refractivity contribution >= 4 is 8.32 Å². The highest BCUT2D eigenvalue weighted by molar-refractivity contribution is 6.78. The molecule has 2 aliphatic rings.